The van der Waals surface area contributed by atoms with Gasteiger partial charge in [0.05, 0.1) is 19.3 Å². The van der Waals surface area contributed by atoms with E-state index in [0.29, 0.717) is 18.6 Å². The van der Waals surface area contributed by atoms with Crippen LogP contribution in [0.3, 0.4) is 0 Å². The molecule has 1 N–H and O–H groups in total. The smallest absolute Gasteiger partial charge is 0.118 e. The molecule has 120 valence electrons. The van der Waals surface area contributed by atoms with E-state index in [9.17, 15) is 0 Å². The molecule has 0 aliphatic heterocycles. The number of hydrogen-bond donors (Lipinski definition) is 1. The summed E-state index contributed by atoms with van der Waals surface area (Å²) in [4.78, 5) is 0. The van der Waals surface area contributed by atoms with Crippen molar-refractivity contribution >= 4 is 0 Å². The Hall–Kier alpha value is -0.800. The summed E-state index contributed by atoms with van der Waals surface area (Å²) in [7, 11) is 0. The third-order valence-corrected chi connectivity index (χ3v) is 4.36. The molecule has 0 aromatic carbocycles. The van der Waals surface area contributed by atoms with Crippen molar-refractivity contribution in [3.63, 3.8) is 0 Å². The molecule has 1 heterocycles. The standard InChI is InChI=1S/C18H31NO2/c1-13(2)10-19-11-18-9-16(15(4)21-18)12-20-17-7-5-14(3)6-8-17/h9,13-14,17,19H,5-8,10-12H2,1-4H3. The summed E-state index contributed by atoms with van der Waals surface area (Å²) in [6, 6.07) is 2.15. The number of nitrogens with one attached hydrogen (secondary N) is 1. The van der Waals surface area contributed by atoms with Crippen molar-refractivity contribution in [2.45, 2.75) is 72.6 Å². The van der Waals surface area contributed by atoms with Crippen molar-refractivity contribution in [2.24, 2.45) is 11.8 Å². The van der Waals surface area contributed by atoms with E-state index in [1.165, 1.54) is 31.2 Å². The lowest BCUT2D eigenvalue weighted by Gasteiger charge is -2.26. The Morgan fingerprint density at radius 2 is 2.00 bits per heavy atom. The lowest BCUT2D eigenvalue weighted by atomic mass is 9.89. The van der Waals surface area contributed by atoms with E-state index in [1.54, 1.807) is 0 Å². The van der Waals surface area contributed by atoms with E-state index in [2.05, 4.69) is 32.2 Å². The molecule has 0 spiro atoms. The molecule has 3 nitrogen and oxygen atoms in total. The highest BCUT2D eigenvalue weighted by molar-refractivity contribution is 5.20. The van der Waals surface area contributed by atoms with Gasteiger partial charge in [-0.15, -0.1) is 0 Å². The van der Waals surface area contributed by atoms with Crippen LogP contribution in [0.1, 0.15) is 63.5 Å². The van der Waals surface area contributed by atoms with Gasteiger partial charge < -0.3 is 14.5 Å². The molecule has 0 atom stereocenters. The zero-order valence-corrected chi connectivity index (χ0v) is 14.1. The first kappa shape index (κ1) is 16.6. The Kier molecular flexibility index (Phi) is 6.31. The van der Waals surface area contributed by atoms with Crippen LogP contribution >= 0.6 is 0 Å². The maximum atomic E-state index is 6.07. The van der Waals surface area contributed by atoms with Gasteiger partial charge in [-0.05, 0) is 57.1 Å². The van der Waals surface area contributed by atoms with E-state index >= 15 is 0 Å². The van der Waals surface area contributed by atoms with Gasteiger partial charge in [-0.2, -0.15) is 0 Å². The van der Waals surface area contributed by atoms with Crippen molar-refractivity contribution in [3.05, 3.63) is 23.2 Å². The van der Waals surface area contributed by atoms with Gasteiger partial charge in [0.15, 0.2) is 0 Å². The molecular weight excluding hydrogens is 262 g/mol. The van der Waals surface area contributed by atoms with Crippen LogP contribution in [0.15, 0.2) is 10.5 Å². The predicted octanol–water partition coefficient (Wildman–Crippen LogP) is 4.43. The van der Waals surface area contributed by atoms with Crippen LogP contribution in [0, 0.1) is 18.8 Å². The van der Waals surface area contributed by atoms with Crippen LogP contribution in [-0.4, -0.2) is 12.6 Å². The highest BCUT2D eigenvalue weighted by Gasteiger charge is 2.19. The molecule has 0 amide bonds. The van der Waals surface area contributed by atoms with Gasteiger partial charge in [0.2, 0.25) is 0 Å². The summed E-state index contributed by atoms with van der Waals surface area (Å²) in [6.45, 7) is 11.3. The molecular formula is C18H31NO2. The van der Waals surface area contributed by atoms with Gasteiger partial charge in [0.25, 0.3) is 0 Å². The van der Waals surface area contributed by atoms with Gasteiger partial charge in [-0.25, -0.2) is 0 Å². The lowest BCUT2D eigenvalue weighted by Crippen LogP contribution is -2.20. The fourth-order valence-corrected chi connectivity index (χ4v) is 2.91. The van der Waals surface area contributed by atoms with Gasteiger partial charge in [0.1, 0.15) is 11.5 Å². The SMILES string of the molecule is Cc1oc(CNCC(C)C)cc1COC1CCC(C)CC1. The summed E-state index contributed by atoms with van der Waals surface area (Å²) in [5, 5.41) is 3.42. The maximum absolute atomic E-state index is 6.07. The van der Waals surface area contributed by atoms with Crippen LogP contribution in [0.4, 0.5) is 0 Å². The topological polar surface area (TPSA) is 34.4 Å². The Balaban J connectivity index is 1.76. The van der Waals surface area contributed by atoms with E-state index < -0.39 is 0 Å². The molecule has 0 unspecified atom stereocenters. The highest BCUT2D eigenvalue weighted by Crippen LogP contribution is 2.27. The first-order chi connectivity index (χ1) is 10.0. The molecule has 1 aromatic rings. The van der Waals surface area contributed by atoms with Crippen molar-refractivity contribution in [3.8, 4) is 0 Å². The second-order valence-corrected chi connectivity index (χ2v) is 7.01. The molecule has 1 aromatic heterocycles. The average Bonchev–Trinajstić information content (AvgIpc) is 2.78. The van der Waals surface area contributed by atoms with Gasteiger partial charge in [-0.1, -0.05) is 20.8 Å². The molecule has 2 rings (SSSR count). The van der Waals surface area contributed by atoms with Gasteiger partial charge in [-0.3, -0.25) is 0 Å². The minimum absolute atomic E-state index is 0.443. The average molecular weight is 293 g/mol. The van der Waals surface area contributed by atoms with Crippen LogP contribution in [0.5, 0.6) is 0 Å². The third-order valence-electron chi connectivity index (χ3n) is 4.36. The first-order valence-electron chi connectivity index (χ1n) is 8.45. The Bertz CT molecular complexity index is 417. The summed E-state index contributed by atoms with van der Waals surface area (Å²) >= 11 is 0. The van der Waals surface area contributed by atoms with E-state index in [1.807, 2.05) is 6.92 Å². The normalized spacial score (nSPS) is 22.9. The monoisotopic (exact) mass is 293 g/mol. The number of aryl methyl sites for hydroxylation is 1. The van der Waals surface area contributed by atoms with E-state index in [4.69, 9.17) is 9.15 Å². The highest BCUT2D eigenvalue weighted by atomic mass is 16.5. The Morgan fingerprint density at radius 3 is 2.67 bits per heavy atom. The second kappa shape index (κ2) is 8.00. The number of ether oxygens (including phenoxy) is 1. The minimum atomic E-state index is 0.443. The molecule has 21 heavy (non-hydrogen) atoms. The fourth-order valence-electron chi connectivity index (χ4n) is 2.91. The van der Waals surface area contributed by atoms with Crippen LogP contribution in [-0.2, 0) is 17.9 Å². The predicted molar refractivity (Wildman–Crippen MR) is 86.2 cm³/mol. The van der Waals surface area contributed by atoms with Gasteiger partial charge >= 0.3 is 0 Å². The lowest BCUT2D eigenvalue weighted by molar-refractivity contribution is 0.00831. The molecule has 1 fully saturated rings. The molecule has 1 aliphatic rings. The number of furan rings is 1. The maximum Gasteiger partial charge on any atom is 0.118 e. The summed E-state index contributed by atoms with van der Waals surface area (Å²) in [5.74, 6) is 3.56. The fraction of sp³-hybridized carbons (Fsp3) is 0.778. The number of rotatable bonds is 7. The summed E-state index contributed by atoms with van der Waals surface area (Å²) in [5.41, 5.74) is 1.20. The van der Waals surface area contributed by atoms with Crippen LogP contribution in [0.2, 0.25) is 0 Å². The van der Waals surface area contributed by atoms with Crippen LogP contribution < -0.4 is 5.32 Å². The summed E-state index contributed by atoms with van der Waals surface area (Å²) < 4.78 is 11.9. The summed E-state index contributed by atoms with van der Waals surface area (Å²) in [6.07, 6.45) is 5.47. The second-order valence-electron chi connectivity index (χ2n) is 7.01. The number of hydrogen-bond acceptors (Lipinski definition) is 3. The molecule has 0 saturated heterocycles. The Morgan fingerprint density at radius 1 is 1.29 bits per heavy atom. The molecule has 1 aliphatic carbocycles. The first-order valence-corrected chi connectivity index (χ1v) is 8.45. The minimum Gasteiger partial charge on any atom is -0.465 e. The largest absolute Gasteiger partial charge is 0.465 e. The quantitative estimate of drug-likeness (QED) is 0.807. The van der Waals surface area contributed by atoms with Gasteiger partial charge in [0, 0.05) is 5.56 Å². The zero-order chi connectivity index (χ0) is 15.2. The van der Waals surface area contributed by atoms with E-state index in [0.717, 1.165) is 30.5 Å². The zero-order valence-electron chi connectivity index (χ0n) is 14.1. The van der Waals surface area contributed by atoms with Crippen molar-refractivity contribution < 1.29 is 9.15 Å². The third kappa shape index (κ3) is 5.48. The van der Waals surface area contributed by atoms with Crippen molar-refractivity contribution in [1.82, 2.24) is 5.32 Å². The molecule has 1 saturated carbocycles. The van der Waals surface area contributed by atoms with Crippen molar-refractivity contribution in [1.29, 1.82) is 0 Å². The van der Waals surface area contributed by atoms with E-state index in [-0.39, 0.29) is 0 Å². The molecule has 0 radical (unpaired) electrons. The van der Waals surface area contributed by atoms with Crippen LogP contribution in [0.25, 0.3) is 0 Å². The molecule has 0 bridgehead atoms. The Labute approximate surface area is 129 Å². The molecule has 3 heteroatoms. The van der Waals surface area contributed by atoms with Crippen molar-refractivity contribution in [2.75, 3.05) is 6.54 Å².